The lowest BCUT2D eigenvalue weighted by Crippen LogP contribution is -2.38. The third kappa shape index (κ3) is 4.73. The number of anilines is 1. The first-order valence-electron chi connectivity index (χ1n) is 7.70. The molecule has 1 heterocycles. The van der Waals surface area contributed by atoms with Gasteiger partial charge in [-0.2, -0.15) is 0 Å². The first-order chi connectivity index (χ1) is 9.68. The number of hydrogen-bond donors (Lipinski definition) is 2. The normalized spacial score (nSPS) is 13.1. The van der Waals surface area contributed by atoms with Crippen LogP contribution in [-0.4, -0.2) is 24.0 Å². The van der Waals surface area contributed by atoms with Crippen LogP contribution in [0.25, 0.3) is 0 Å². The first-order valence-corrected chi connectivity index (χ1v) is 7.70. The van der Waals surface area contributed by atoms with Crippen LogP contribution < -0.4 is 10.6 Å². The molecule has 0 saturated heterocycles. The minimum Gasteiger partial charge on any atom is -0.373 e. The Kier molecular flexibility index (Phi) is 5.76. The summed E-state index contributed by atoms with van der Waals surface area (Å²) in [6.07, 6.45) is 0.930. The van der Waals surface area contributed by atoms with E-state index in [9.17, 15) is 4.79 Å². The van der Waals surface area contributed by atoms with Gasteiger partial charge in [-0.05, 0) is 24.5 Å². The molecule has 1 amide bonds. The summed E-state index contributed by atoms with van der Waals surface area (Å²) in [5.74, 6) is 1.12. The topological polar surface area (TPSA) is 54.0 Å². The van der Waals surface area contributed by atoms with Crippen molar-refractivity contribution in [2.45, 2.75) is 59.4 Å². The number of aromatic nitrogens is 1. The molecule has 1 aromatic rings. The standard InChI is InChI=1S/C17H29N3O/c1-8-13(11(2)3)19-16(21)12-9-14(17(4,5)6)20-15(10-12)18-7/h9-11,13H,8H2,1-7H3,(H,18,20)(H,19,21). The van der Waals surface area contributed by atoms with Gasteiger partial charge in [0.1, 0.15) is 5.82 Å². The molecule has 1 unspecified atom stereocenters. The second-order valence-electron chi connectivity index (χ2n) is 6.86. The molecule has 1 aromatic heterocycles. The van der Waals surface area contributed by atoms with Gasteiger partial charge in [0.2, 0.25) is 0 Å². The van der Waals surface area contributed by atoms with Gasteiger partial charge in [0.25, 0.3) is 5.91 Å². The van der Waals surface area contributed by atoms with Gasteiger partial charge < -0.3 is 10.6 Å². The maximum absolute atomic E-state index is 12.5. The fraction of sp³-hybridized carbons (Fsp3) is 0.647. The third-order valence-electron chi connectivity index (χ3n) is 3.67. The second-order valence-corrected chi connectivity index (χ2v) is 6.86. The molecule has 1 rings (SSSR count). The Bertz CT molecular complexity index is 489. The van der Waals surface area contributed by atoms with Crippen LogP contribution in [0.2, 0.25) is 0 Å². The summed E-state index contributed by atoms with van der Waals surface area (Å²) >= 11 is 0. The van der Waals surface area contributed by atoms with Crippen LogP contribution in [0.1, 0.15) is 64.0 Å². The molecule has 0 aromatic carbocycles. The molecule has 0 saturated carbocycles. The summed E-state index contributed by atoms with van der Waals surface area (Å²) in [7, 11) is 1.82. The van der Waals surface area contributed by atoms with Crippen LogP contribution in [0.15, 0.2) is 12.1 Å². The summed E-state index contributed by atoms with van der Waals surface area (Å²) in [6.45, 7) is 12.6. The lowest BCUT2D eigenvalue weighted by atomic mass is 9.90. The minimum atomic E-state index is -0.0932. The van der Waals surface area contributed by atoms with E-state index >= 15 is 0 Å². The van der Waals surface area contributed by atoms with Crippen LogP contribution in [-0.2, 0) is 5.41 Å². The average Bonchev–Trinajstić information content (AvgIpc) is 2.42. The molecule has 2 N–H and O–H groups in total. The molecule has 0 radical (unpaired) electrons. The Balaban J connectivity index is 3.09. The van der Waals surface area contributed by atoms with E-state index in [1.165, 1.54) is 0 Å². The lowest BCUT2D eigenvalue weighted by Gasteiger charge is -2.22. The summed E-state index contributed by atoms with van der Waals surface area (Å²) in [5, 5.41) is 6.15. The molecule has 0 spiro atoms. The van der Waals surface area contributed by atoms with Crippen molar-refractivity contribution in [2.24, 2.45) is 5.92 Å². The lowest BCUT2D eigenvalue weighted by molar-refractivity contribution is 0.0924. The highest BCUT2D eigenvalue weighted by Crippen LogP contribution is 2.23. The number of pyridine rings is 1. The van der Waals surface area contributed by atoms with Crippen molar-refractivity contribution in [1.82, 2.24) is 10.3 Å². The summed E-state index contributed by atoms with van der Waals surface area (Å²) in [5.41, 5.74) is 1.49. The monoisotopic (exact) mass is 291 g/mol. The number of amides is 1. The number of hydrogen-bond acceptors (Lipinski definition) is 3. The van der Waals surface area contributed by atoms with Gasteiger partial charge in [0.05, 0.1) is 0 Å². The molecule has 1 atom stereocenters. The fourth-order valence-corrected chi connectivity index (χ4v) is 2.17. The number of rotatable bonds is 5. The van der Waals surface area contributed by atoms with Crippen molar-refractivity contribution in [3.63, 3.8) is 0 Å². The van der Waals surface area contributed by atoms with Crippen molar-refractivity contribution in [3.8, 4) is 0 Å². The van der Waals surface area contributed by atoms with Crippen LogP contribution in [0.5, 0.6) is 0 Å². The highest BCUT2D eigenvalue weighted by atomic mass is 16.1. The van der Waals surface area contributed by atoms with Crippen molar-refractivity contribution in [3.05, 3.63) is 23.4 Å². The van der Waals surface area contributed by atoms with E-state index in [2.05, 4.69) is 57.2 Å². The van der Waals surface area contributed by atoms with Crippen LogP contribution in [0.3, 0.4) is 0 Å². The van der Waals surface area contributed by atoms with Crippen molar-refractivity contribution in [2.75, 3.05) is 12.4 Å². The van der Waals surface area contributed by atoms with Gasteiger partial charge in [-0.25, -0.2) is 4.98 Å². The maximum atomic E-state index is 12.5. The number of nitrogens with zero attached hydrogens (tertiary/aromatic N) is 1. The zero-order valence-corrected chi connectivity index (χ0v) is 14.4. The number of nitrogens with one attached hydrogen (secondary N) is 2. The first kappa shape index (κ1) is 17.5. The molecule has 0 bridgehead atoms. The van der Waals surface area contributed by atoms with Crippen LogP contribution in [0, 0.1) is 5.92 Å². The average molecular weight is 291 g/mol. The second kappa shape index (κ2) is 6.92. The molecular weight excluding hydrogens is 262 g/mol. The molecule has 4 nitrogen and oxygen atoms in total. The van der Waals surface area contributed by atoms with Gasteiger partial charge >= 0.3 is 0 Å². The summed E-state index contributed by atoms with van der Waals surface area (Å²) < 4.78 is 0. The summed E-state index contributed by atoms with van der Waals surface area (Å²) in [6, 6.07) is 3.89. The molecule has 0 aliphatic carbocycles. The Hall–Kier alpha value is -1.58. The van der Waals surface area contributed by atoms with E-state index in [4.69, 9.17) is 0 Å². The predicted octanol–water partition coefficient (Wildman–Crippen LogP) is 3.59. The van der Waals surface area contributed by atoms with Crippen molar-refractivity contribution in [1.29, 1.82) is 0 Å². The van der Waals surface area contributed by atoms with E-state index in [-0.39, 0.29) is 17.4 Å². The smallest absolute Gasteiger partial charge is 0.251 e. The molecule has 21 heavy (non-hydrogen) atoms. The Morgan fingerprint density at radius 2 is 1.90 bits per heavy atom. The van der Waals surface area contributed by atoms with Gasteiger partial charge in [0, 0.05) is 29.8 Å². The highest BCUT2D eigenvalue weighted by Gasteiger charge is 2.21. The highest BCUT2D eigenvalue weighted by molar-refractivity contribution is 5.95. The minimum absolute atomic E-state index is 0.0278. The van der Waals surface area contributed by atoms with E-state index in [0.717, 1.165) is 17.9 Å². The molecule has 0 aliphatic heterocycles. The zero-order valence-electron chi connectivity index (χ0n) is 14.4. The van der Waals surface area contributed by atoms with E-state index in [0.29, 0.717) is 11.5 Å². The molecule has 0 aliphatic rings. The predicted molar refractivity (Wildman–Crippen MR) is 88.9 cm³/mol. The fourth-order valence-electron chi connectivity index (χ4n) is 2.17. The van der Waals surface area contributed by atoms with Gasteiger partial charge in [-0.1, -0.05) is 41.5 Å². The third-order valence-corrected chi connectivity index (χ3v) is 3.67. The van der Waals surface area contributed by atoms with Crippen LogP contribution >= 0.6 is 0 Å². The van der Waals surface area contributed by atoms with Crippen molar-refractivity contribution >= 4 is 11.7 Å². The van der Waals surface area contributed by atoms with Gasteiger partial charge in [0.15, 0.2) is 0 Å². The van der Waals surface area contributed by atoms with E-state index in [1.807, 2.05) is 13.1 Å². The molecule has 0 fully saturated rings. The SMILES string of the molecule is CCC(NC(=O)c1cc(NC)nc(C(C)(C)C)c1)C(C)C. The Morgan fingerprint density at radius 3 is 2.33 bits per heavy atom. The van der Waals surface area contributed by atoms with Gasteiger partial charge in [-0.3, -0.25) is 4.79 Å². The Morgan fingerprint density at radius 1 is 1.29 bits per heavy atom. The quantitative estimate of drug-likeness (QED) is 0.871. The van der Waals surface area contributed by atoms with Crippen molar-refractivity contribution < 1.29 is 4.79 Å². The number of carbonyl (C=O) groups is 1. The largest absolute Gasteiger partial charge is 0.373 e. The van der Waals surface area contributed by atoms with Gasteiger partial charge in [-0.15, -0.1) is 0 Å². The maximum Gasteiger partial charge on any atom is 0.251 e. The summed E-state index contributed by atoms with van der Waals surface area (Å²) in [4.78, 5) is 17.0. The van der Waals surface area contributed by atoms with E-state index < -0.39 is 0 Å². The Labute approximate surface area is 128 Å². The van der Waals surface area contributed by atoms with Crippen LogP contribution in [0.4, 0.5) is 5.82 Å². The molecule has 4 heteroatoms. The zero-order chi connectivity index (χ0) is 16.2. The van der Waals surface area contributed by atoms with E-state index in [1.54, 1.807) is 6.07 Å². The number of carbonyl (C=O) groups excluding carboxylic acids is 1. The molecule has 118 valence electrons. The molecular formula is C17H29N3O.